The molecule has 6 heteroatoms. The predicted octanol–water partition coefficient (Wildman–Crippen LogP) is 1.86. The fourth-order valence-electron chi connectivity index (χ4n) is 2.87. The molecule has 0 aliphatic carbocycles. The van der Waals surface area contributed by atoms with Gasteiger partial charge in [-0.1, -0.05) is 18.6 Å². The van der Waals surface area contributed by atoms with Crippen LogP contribution in [0.4, 0.5) is 10.5 Å². The molecule has 1 unspecified atom stereocenters. The van der Waals surface area contributed by atoms with Crippen molar-refractivity contribution in [1.82, 2.24) is 10.2 Å². The van der Waals surface area contributed by atoms with Crippen molar-refractivity contribution in [1.29, 1.82) is 0 Å². The number of piperidine rings is 1. The zero-order chi connectivity index (χ0) is 16.7. The molecule has 1 aromatic carbocycles. The van der Waals surface area contributed by atoms with Gasteiger partial charge in [0.1, 0.15) is 0 Å². The smallest absolute Gasteiger partial charge is 0.319 e. The Morgan fingerprint density at radius 1 is 1.35 bits per heavy atom. The molecule has 3 N–H and O–H groups in total. The maximum atomic E-state index is 11.9. The first-order valence-corrected chi connectivity index (χ1v) is 8.11. The Morgan fingerprint density at radius 3 is 2.91 bits per heavy atom. The number of Topliss-reactive ketones (excluding diaryl/α,β-unsaturated/α-hetero) is 1. The number of rotatable bonds is 6. The van der Waals surface area contributed by atoms with E-state index in [0.717, 1.165) is 32.4 Å². The summed E-state index contributed by atoms with van der Waals surface area (Å²) in [5.74, 6) is -0.0331. The average molecular weight is 319 g/mol. The lowest BCUT2D eigenvalue weighted by molar-refractivity contribution is 0.0917. The largest absolute Gasteiger partial charge is 0.395 e. The number of likely N-dealkylation sites (tertiary alicyclic amines) is 1. The quantitative estimate of drug-likeness (QED) is 0.699. The number of urea groups is 1. The molecule has 6 nitrogen and oxygen atoms in total. The number of ketones is 1. The first-order valence-electron chi connectivity index (χ1n) is 8.11. The highest BCUT2D eigenvalue weighted by Crippen LogP contribution is 2.15. The number of aliphatic hydroxyl groups excluding tert-OH is 1. The molecule has 1 fully saturated rings. The van der Waals surface area contributed by atoms with Gasteiger partial charge >= 0.3 is 6.03 Å². The molecule has 0 bridgehead atoms. The van der Waals surface area contributed by atoms with E-state index in [-0.39, 0.29) is 24.5 Å². The van der Waals surface area contributed by atoms with Gasteiger partial charge < -0.3 is 15.7 Å². The molecule has 1 aromatic rings. The van der Waals surface area contributed by atoms with Crippen LogP contribution in [-0.4, -0.2) is 54.1 Å². The molecule has 1 aliphatic heterocycles. The van der Waals surface area contributed by atoms with Crippen LogP contribution in [0, 0.1) is 0 Å². The summed E-state index contributed by atoms with van der Waals surface area (Å²) in [7, 11) is 0. The van der Waals surface area contributed by atoms with Gasteiger partial charge in [0.25, 0.3) is 0 Å². The Bertz CT molecular complexity index is 548. The second kappa shape index (κ2) is 8.64. The lowest BCUT2D eigenvalue weighted by Crippen LogP contribution is -2.46. The number of carbonyl (C=O) groups is 2. The van der Waals surface area contributed by atoms with E-state index >= 15 is 0 Å². The molecule has 0 radical (unpaired) electrons. The van der Waals surface area contributed by atoms with Crippen molar-refractivity contribution in [3.05, 3.63) is 29.8 Å². The third-order valence-corrected chi connectivity index (χ3v) is 4.17. The summed E-state index contributed by atoms with van der Waals surface area (Å²) >= 11 is 0. The molecule has 0 spiro atoms. The molecule has 2 amide bonds. The molecule has 1 saturated heterocycles. The van der Waals surface area contributed by atoms with Gasteiger partial charge in [-0.2, -0.15) is 0 Å². The van der Waals surface area contributed by atoms with E-state index in [4.69, 9.17) is 0 Å². The Hall–Kier alpha value is -1.92. The molecule has 0 aromatic heterocycles. The number of nitrogens with zero attached hydrogens (tertiary/aromatic N) is 1. The highest BCUT2D eigenvalue weighted by molar-refractivity contribution is 5.96. The van der Waals surface area contributed by atoms with Gasteiger partial charge in [0.05, 0.1) is 6.61 Å². The summed E-state index contributed by atoms with van der Waals surface area (Å²) in [5, 5.41) is 14.9. The van der Waals surface area contributed by atoms with Gasteiger partial charge in [-0.05, 0) is 38.4 Å². The number of anilines is 1. The first-order chi connectivity index (χ1) is 11.1. The van der Waals surface area contributed by atoms with E-state index in [9.17, 15) is 14.7 Å². The Balaban J connectivity index is 1.76. The van der Waals surface area contributed by atoms with Crippen LogP contribution >= 0.6 is 0 Å². The lowest BCUT2D eigenvalue weighted by atomic mass is 10.0. The van der Waals surface area contributed by atoms with Crippen LogP contribution in [0.3, 0.4) is 0 Å². The number of hydrogen-bond donors (Lipinski definition) is 3. The highest BCUT2D eigenvalue weighted by atomic mass is 16.3. The first kappa shape index (κ1) is 17.4. The molecule has 1 heterocycles. The Morgan fingerprint density at radius 2 is 2.17 bits per heavy atom. The monoisotopic (exact) mass is 319 g/mol. The fraction of sp³-hybridized carbons (Fsp3) is 0.529. The van der Waals surface area contributed by atoms with Crippen LogP contribution in [-0.2, 0) is 0 Å². The number of carbonyl (C=O) groups excluding carboxylic acids is 2. The van der Waals surface area contributed by atoms with E-state index in [1.165, 1.54) is 6.92 Å². The number of aliphatic hydroxyl groups is 1. The Labute approximate surface area is 136 Å². The standard InChI is InChI=1S/C17H25N3O3/c1-13(22)14-5-4-6-15(11-14)19-17(23)18-8-10-20-9-3-2-7-16(20)12-21/h4-6,11,16,21H,2-3,7-10,12H2,1H3,(H2,18,19,23). The third-order valence-electron chi connectivity index (χ3n) is 4.17. The summed E-state index contributed by atoms with van der Waals surface area (Å²) in [5.41, 5.74) is 1.17. The van der Waals surface area contributed by atoms with Gasteiger partial charge in [-0.3, -0.25) is 9.69 Å². The molecule has 1 atom stereocenters. The lowest BCUT2D eigenvalue weighted by Gasteiger charge is -2.34. The second-order valence-electron chi connectivity index (χ2n) is 5.89. The van der Waals surface area contributed by atoms with E-state index < -0.39 is 0 Å². The van der Waals surface area contributed by atoms with Crippen molar-refractivity contribution < 1.29 is 14.7 Å². The molecular weight excluding hydrogens is 294 g/mol. The maximum absolute atomic E-state index is 11.9. The molecule has 2 rings (SSSR count). The Kier molecular flexibility index (Phi) is 6.55. The molecule has 23 heavy (non-hydrogen) atoms. The highest BCUT2D eigenvalue weighted by Gasteiger charge is 2.20. The van der Waals surface area contributed by atoms with Gasteiger partial charge in [-0.25, -0.2) is 4.79 Å². The van der Waals surface area contributed by atoms with Crippen molar-refractivity contribution >= 4 is 17.5 Å². The number of nitrogens with one attached hydrogen (secondary N) is 2. The van der Waals surface area contributed by atoms with E-state index in [0.29, 0.717) is 17.8 Å². The third kappa shape index (κ3) is 5.33. The van der Waals surface area contributed by atoms with Gasteiger partial charge in [0.2, 0.25) is 0 Å². The maximum Gasteiger partial charge on any atom is 0.319 e. The SMILES string of the molecule is CC(=O)c1cccc(NC(=O)NCCN2CCCCC2CO)c1. The summed E-state index contributed by atoms with van der Waals surface area (Å²) in [6.07, 6.45) is 3.31. The summed E-state index contributed by atoms with van der Waals surface area (Å²) in [6.45, 7) is 3.88. The van der Waals surface area contributed by atoms with Crippen molar-refractivity contribution in [3.8, 4) is 0 Å². The van der Waals surface area contributed by atoms with Crippen LogP contribution < -0.4 is 10.6 Å². The van der Waals surface area contributed by atoms with E-state index in [1.54, 1.807) is 24.3 Å². The minimum atomic E-state index is -0.289. The summed E-state index contributed by atoms with van der Waals surface area (Å²) in [6, 6.07) is 6.79. The predicted molar refractivity (Wildman–Crippen MR) is 89.8 cm³/mol. The summed E-state index contributed by atoms with van der Waals surface area (Å²) in [4.78, 5) is 25.5. The topological polar surface area (TPSA) is 81.7 Å². The zero-order valence-corrected chi connectivity index (χ0v) is 13.5. The van der Waals surface area contributed by atoms with Crippen molar-refractivity contribution in [2.75, 3.05) is 31.6 Å². The van der Waals surface area contributed by atoms with E-state index in [1.807, 2.05) is 0 Å². The molecule has 0 saturated carbocycles. The summed E-state index contributed by atoms with van der Waals surface area (Å²) < 4.78 is 0. The van der Waals surface area contributed by atoms with Crippen LogP contribution in [0.5, 0.6) is 0 Å². The molecule has 126 valence electrons. The van der Waals surface area contributed by atoms with E-state index in [2.05, 4.69) is 15.5 Å². The molecular formula is C17H25N3O3. The van der Waals surface area contributed by atoms with Gasteiger partial charge in [0.15, 0.2) is 5.78 Å². The molecule has 1 aliphatic rings. The average Bonchev–Trinajstić information content (AvgIpc) is 2.55. The normalized spacial score (nSPS) is 18.4. The van der Waals surface area contributed by atoms with Gasteiger partial charge in [0, 0.05) is 30.4 Å². The second-order valence-corrected chi connectivity index (χ2v) is 5.89. The van der Waals surface area contributed by atoms with Crippen LogP contribution in [0.25, 0.3) is 0 Å². The fourth-order valence-corrected chi connectivity index (χ4v) is 2.87. The number of benzene rings is 1. The van der Waals surface area contributed by atoms with Crippen molar-refractivity contribution in [2.45, 2.75) is 32.2 Å². The number of amides is 2. The van der Waals surface area contributed by atoms with Crippen LogP contribution in [0.1, 0.15) is 36.5 Å². The van der Waals surface area contributed by atoms with Crippen LogP contribution in [0.15, 0.2) is 24.3 Å². The minimum Gasteiger partial charge on any atom is -0.395 e. The zero-order valence-electron chi connectivity index (χ0n) is 13.5. The van der Waals surface area contributed by atoms with Crippen molar-refractivity contribution in [3.63, 3.8) is 0 Å². The van der Waals surface area contributed by atoms with Crippen molar-refractivity contribution in [2.24, 2.45) is 0 Å². The minimum absolute atomic E-state index is 0.0331. The number of hydrogen-bond acceptors (Lipinski definition) is 4. The van der Waals surface area contributed by atoms with Crippen LogP contribution in [0.2, 0.25) is 0 Å². The van der Waals surface area contributed by atoms with Gasteiger partial charge in [-0.15, -0.1) is 0 Å².